The molecule has 0 unspecified atom stereocenters. The second kappa shape index (κ2) is 14.0. The van der Waals surface area contributed by atoms with Crippen LogP contribution in [0.1, 0.15) is 61.3 Å². The first-order chi connectivity index (χ1) is 16.1. The Morgan fingerprint density at radius 1 is 1.03 bits per heavy atom. The fraction of sp³-hybridized carbons (Fsp3) is 0.333. The zero-order chi connectivity index (χ0) is 25.7. The number of amides is 1. The van der Waals surface area contributed by atoms with E-state index < -0.39 is 5.97 Å². The molecule has 0 spiro atoms. The van der Waals surface area contributed by atoms with Gasteiger partial charge in [-0.1, -0.05) is 81.8 Å². The molecule has 0 radical (unpaired) electrons. The lowest BCUT2D eigenvalue weighted by Gasteiger charge is -2.34. The number of nitrogens with one attached hydrogen (secondary N) is 1. The second-order valence-corrected chi connectivity index (χ2v) is 8.78. The van der Waals surface area contributed by atoms with Crippen molar-refractivity contribution in [2.24, 2.45) is 5.41 Å². The van der Waals surface area contributed by atoms with Gasteiger partial charge in [0.1, 0.15) is 0 Å². The Balaban J connectivity index is 0.00000281. The maximum absolute atomic E-state index is 12.1. The number of allylic oxidation sites excluding steroid dienone is 10. The van der Waals surface area contributed by atoms with Crippen molar-refractivity contribution >= 4 is 17.6 Å². The second-order valence-electron chi connectivity index (χ2n) is 8.78. The van der Waals surface area contributed by atoms with Crippen LogP contribution in [0.5, 0.6) is 0 Å². The van der Waals surface area contributed by atoms with Crippen LogP contribution < -0.4 is 5.32 Å². The molecule has 0 saturated heterocycles. The van der Waals surface area contributed by atoms with Crippen LogP contribution in [0.4, 0.5) is 5.69 Å². The zero-order valence-electron chi connectivity index (χ0n) is 21.6. The standard InChI is InChI=1S/C28H33NO3.C2H6/c1-20(10-9-11-21(2)18-26(30)29-24-12-7-6-8-13-24)14-15-25-22(3)23(19-27(31)32)16-17-28(25,4)5;1-2/h6-15,18-19H,16-17H2,1-5H3,(H,29,30)(H,31,32);1-2H3/b11-9+,15-14+,20-10+,21-18-,23-19+;. The van der Waals surface area contributed by atoms with Crippen molar-refractivity contribution in [3.8, 4) is 0 Å². The molecule has 1 aliphatic rings. The number of carboxylic acid groups (broad SMARTS) is 1. The summed E-state index contributed by atoms with van der Waals surface area (Å²) in [7, 11) is 0. The van der Waals surface area contributed by atoms with Gasteiger partial charge >= 0.3 is 5.97 Å². The van der Waals surface area contributed by atoms with Crippen LogP contribution in [-0.4, -0.2) is 17.0 Å². The molecule has 0 aromatic heterocycles. The van der Waals surface area contributed by atoms with E-state index >= 15 is 0 Å². The molecule has 4 nitrogen and oxygen atoms in total. The highest BCUT2D eigenvalue weighted by atomic mass is 16.4. The SMILES string of the molecule is CC.CC1=C(/C=C/C(C)=C/C=C/C(C)=C\C(=O)Nc2ccccc2)C(C)(C)CC/C1=C\C(=O)O. The predicted molar refractivity (Wildman–Crippen MR) is 144 cm³/mol. The van der Waals surface area contributed by atoms with Crippen molar-refractivity contribution in [1.29, 1.82) is 0 Å². The Morgan fingerprint density at radius 2 is 1.68 bits per heavy atom. The van der Waals surface area contributed by atoms with Crippen LogP contribution in [0, 0.1) is 5.41 Å². The van der Waals surface area contributed by atoms with Gasteiger partial charge < -0.3 is 10.4 Å². The number of anilines is 1. The fourth-order valence-electron chi connectivity index (χ4n) is 3.71. The average molecular weight is 462 g/mol. The van der Waals surface area contributed by atoms with Gasteiger partial charge in [-0.05, 0) is 73.5 Å². The molecular weight excluding hydrogens is 422 g/mol. The monoisotopic (exact) mass is 461 g/mol. The van der Waals surface area contributed by atoms with Crippen molar-refractivity contribution in [2.45, 2.75) is 61.3 Å². The topological polar surface area (TPSA) is 66.4 Å². The molecule has 0 saturated carbocycles. The molecule has 1 aromatic rings. The van der Waals surface area contributed by atoms with Crippen LogP contribution in [0.2, 0.25) is 0 Å². The van der Waals surface area contributed by atoms with Crippen LogP contribution in [0.3, 0.4) is 0 Å². The van der Waals surface area contributed by atoms with E-state index in [0.717, 1.165) is 40.8 Å². The quantitative estimate of drug-likeness (QED) is 0.321. The highest BCUT2D eigenvalue weighted by Crippen LogP contribution is 2.43. The Hall–Kier alpha value is -3.40. The number of carbonyl (C=O) groups is 2. The van der Waals surface area contributed by atoms with Crippen LogP contribution in [-0.2, 0) is 9.59 Å². The van der Waals surface area contributed by atoms with Crippen LogP contribution in [0.25, 0.3) is 0 Å². The van der Waals surface area contributed by atoms with E-state index in [9.17, 15) is 9.59 Å². The summed E-state index contributed by atoms with van der Waals surface area (Å²) in [4.78, 5) is 23.2. The molecule has 0 atom stereocenters. The molecule has 2 rings (SSSR count). The van der Waals surface area contributed by atoms with E-state index in [1.165, 1.54) is 11.6 Å². The Labute approximate surface area is 205 Å². The number of hydrogen-bond acceptors (Lipinski definition) is 2. The summed E-state index contributed by atoms with van der Waals surface area (Å²) in [5.41, 5.74) is 5.79. The minimum absolute atomic E-state index is 0.00200. The lowest BCUT2D eigenvalue weighted by molar-refractivity contribution is -0.131. The molecule has 1 aromatic carbocycles. The largest absolute Gasteiger partial charge is 0.478 e. The molecule has 1 aliphatic carbocycles. The van der Waals surface area contributed by atoms with Crippen molar-refractivity contribution < 1.29 is 14.7 Å². The number of para-hydroxylation sites is 1. The van der Waals surface area contributed by atoms with E-state index in [0.29, 0.717) is 0 Å². The summed E-state index contributed by atoms with van der Waals surface area (Å²) < 4.78 is 0. The molecule has 0 bridgehead atoms. The number of carbonyl (C=O) groups excluding carboxylic acids is 1. The van der Waals surface area contributed by atoms with E-state index in [1.807, 2.05) is 83.2 Å². The normalized spacial score (nSPS) is 17.7. The fourth-order valence-corrected chi connectivity index (χ4v) is 3.71. The first kappa shape index (κ1) is 28.6. The summed E-state index contributed by atoms with van der Waals surface area (Å²) in [5, 5.41) is 12.0. The van der Waals surface area contributed by atoms with E-state index in [2.05, 4.69) is 31.3 Å². The number of rotatable bonds is 7. The number of benzene rings is 1. The molecule has 0 fully saturated rings. The minimum Gasteiger partial charge on any atom is -0.478 e. The molecule has 2 N–H and O–H groups in total. The van der Waals surface area contributed by atoms with Gasteiger partial charge in [0.15, 0.2) is 0 Å². The van der Waals surface area contributed by atoms with Crippen LogP contribution in [0.15, 0.2) is 101 Å². The first-order valence-corrected chi connectivity index (χ1v) is 11.8. The Kier molecular flexibility index (Phi) is 11.8. The summed E-state index contributed by atoms with van der Waals surface area (Å²) >= 11 is 0. The number of carboxylic acids is 1. The molecule has 182 valence electrons. The third-order valence-corrected chi connectivity index (χ3v) is 5.56. The van der Waals surface area contributed by atoms with Gasteiger partial charge in [0.25, 0.3) is 0 Å². The van der Waals surface area contributed by atoms with Crippen molar-refractivity contribution in [3.63, 3.8) is 0 Å². The van der Waals surface area contributed by atoms with E-state index in [1.54, 1.807) is 6.08 Å². The molecule has 0 aliphatic heterocycles. The van der Waals surface area contributed by atoms with Gasteiger partial charge in [0.2, 0.25) is 5.91 Å². The summed E-state index contributed by atoms with van der Waals surface area (Å²) in [6.07, 6.45) is 14.5. The summed E-state index contributed by atoms with van der Waals surface area (Å²) in [5.74, 6) is -1.06. The third-order valence-electron chi connectivity index (χ3n) is 5.56. The predicted octanol–water partition coefficient (Wildman–Crippen LogP) is 7.80. The molecule has 0 heterocycles. The highest BCUT2D eigenvalue weighted by Gasteiger charge is 2.29. The van der Waals surface area contributed by atoms with Crippen molar-refractivity contribution in [3.05, 3.63) is 101 Å². The Bertz CT molecular complexity index is 1030. The van der Waals surface area contributed by atoms with Gasteiger partial charge in [-0.15, -0.1) is 0 Å². The lowest BCUT2D eigenvalue weighted by Crippen LogP contribution is -2.20. The third kappa shape index (κ3) is 9.62. The maximum Gasteiger partial charge on any atom is 0.328 e. The number of hydrogen-bond donors (Lipinski definition) is 2. The van der Waals surface area contributed by atoms with Gasteiger partial charge in [-0.25, -0.2) is 4.79 Å². The molecular formula is C30H39NO3. The molecule has 4 heteroatoms. The first-order valence-electron chi connectivity index (χ1n) is 11.8. The maximum atomic E-state index is 12.1. The average Bonchev–Trinajstić information content (AvgIpc) is 2.77. The van der Waals surface area contributed by atoms with E-state index in [4.69, 9.17) is 5.11 Å². The summed E-state index contributed by atoms with van der Waals surface area (Å²) in [6.45, 7) is 14.3. The Morgan fingerprint density at radius 3 is 2.29 bits per heavy atom. The van der Waals surface area contributed by atoms with Gasteiger partial charge in [-0.2, -0.15) is 0 Å². The summed E-state index contributed by atoms with van der Waals surface area (Å²) in [6, 6.07) is 9.35. The lowest BCUT2D eigenvalue weighted by atomic mass is 9.71. The van der Waals surface area contributed by atoms with Crippen LogP contribution >= 0.6 is 0 Å². The molecule has 1 amide bonds. The number of aliphatic carboxylic acids is 1. The smallest absolute Gasteiger partial charge is 0.328 e. The minimum atomic E-state index is -0.899. The van der Waals surface area contributed by atoms with E-state index in [-0.39, 0.29) is 11.3 Å². The van der Waals surface area contributed by atoms with Crippen molar-refractivity contribution in [1.82, 2.24) is 0 Å². The van der Waals surface area contributed by atoms with Crippen molar-refractivity contribution in [2.75, 3.05) is 5.32 Å². The van der Waals surface area contributed by atoms with Gasteiger partial charge in [-0.3, -0.25) is 4.79 Å². The van der Waals surface area contributed by atoms with Gasteiger partial charge in [0, 0.05) is 17.8 Å². The van der Waals surface area contributed by atoms with Gasteiger partial charge in [0.05, 0.1) is 0 Å². The zero-order valence-corrected chi connectivity index (χ0v) is 21.6. The molecule has 34 heavy (non-hydrogen) atoms. The highest BCUT2D eigenvalue weighted by molar-refractivity contribution is 5.99.